The Labute approximate surface area is 107 Å². The van der Waals surface area contributed by atoms with E-state index < -0.39 is 0 Å². The average Bonchev–Trinajstić information content (AvgIpc) is 2.39. The molecule has 1 aromatic heterocycles. The molecule has 0 radical (unpaired) electrons. The van der Waals surface area contributed by atoms with Crippen molar-refractivity contribution in [1.29, 1.82) is 0 Å². The number of piperidine rings is 1. The summed E-state index contributed by atoms with van der Waals surface area (Å²) in [6.07, 6.45) is 5.22. The summed E-state index contributed by atoms with van der Waals surface area (Å²) in [5.41, 5.74) is 0.357. The number of nitrogens with zero attached hydrogens (tertiary/aromatic N) is 3. The second kappa shape index (κ2) is 5.77. The van der Waals surface area contributed by atoms with Crippen molar-refractivity contribution >= 4 is 11.7 Å². The predicted octanol–water partition coefficient (Wildman–Crippen LogP) is 0.342. The summed E-state index contributed by atoms with van der Waals surface area (Å²) in [5, 5.41) is 5.88. The molecule has 1 unspecified atom stereocenters. The summed E-state index contributed by atoms with van der Waals surface area (Å²) in [5.74, 6) is 0.448. The smallest absolute Gasteiger partial charge is 0.271 e. The van der Waals surface area contributed by atoms with Crippen LogP contribution in [0.25, 0.3) is 0 Å². The third kappa shape index (κ3) is 3.16. The molecule has 0 aliphatic carbocycles. The molecule has 0 spiro atoms. The number of hydrogen-bond acceptors (Lipinski definition) is 5. The quantitative estimate of drug-likeness (QED) is 0.808. The molecular formula is C12H19N5O. The molecule has 1 aromatic rings. The van der Waals surface area contributed by atoms with Gasteiger partial charge in [0, 0.05) is 19.6 Å². The molecule has 0 saturated carbocycles. The van der Waals surface area contributed by atoms with Gasteiger partial charge in [0.15, 0.2) is 0 Å². The van der Waals surface area contributed by atoms with E-state index in [0.29, 0.717) is 11.5 Å². The number of likely N-dealkylation sites (N-methyl/N-ethyl adjacent to an activating group) is 1. The summed E-state index contributed by atoms with van der Waals surface area (Å²) < 4.78 is 0. The Morgan fingerprint density at radius 1 is 1.50 bits per heavy atom. The summed E-state index contributed by atoms with van der Waals surface area (Å²) >= 11 is 0. The third-order valence-corrected chi connectivity index (χ3v) is 3.08. The van der Waals surface area contributed by atoms with Gasteiger partial charge in [0.1, 0.15) is 11.5 Å². The van der Waals surface area contributed by atoms with E-state index in [9.17, 15) is 4.79 Å². The van der Waals surface area contributed by atoms with E-state index in [4.69, 9.17) is 0 Å². The Balaban J connectivity index is 1.98. The number of likely N-dealkylation sites (tertiary alicyclic amines) is 1. The molecule has 6 nitrogen and oxygen atoms in total. The van der Waals surface area contributed by atoms with Crippen LogP contribution in [-0.2, 0) is 0 Å². The maximum atomic E-state index is 12.0. The number of carbonyl (C=O) groups is 1. The Morgan fingerprint density at radius 2 is 2.33 bits per heavy atom. The highest BCUT2D eigenvalue weighted by Gasteiger charge is 2.20. The summed E-state index contributed by atoms with van der Waals surface area (Å²) in [7, 11) is 3.82. The van der Waals surface area contributed by atoms with Crippen LogP contribution in [0.1, 0.15) is 23.3 Å². The summed E-state index contributed by atoms with van der Waals surface area (Å²) in [6.45, 7) is 1.99. The van der Waals surface area contributed by atoms with Gasteiger partial charge in [-0.15, -0.1) is 0 Å². The lowest BCUT2D eigenvalue weighted by atomic mass is 10.1. The van der Waals surface area contributed by atoms with E-state index in [1.54, 1.807) is 13.2 Å². The SMILES string of the molecule is CNc1cncc(C(=O)NC2CCCN(C)C2)n1. The van der Waals surface area contributed by atoms with Gasteiger partial charge in [-0.3, -0.25) is 9.78 Å². The highest BCUT2D eigenvalue weighted by Crippen LogP contribution is 2.09. The van der Waals surface area contributed by atoms with Crippen LogP contribution in [0.3, 0.4) is 0 Å². The van der Waals surface area contributed by atoms with Crippen molar-refractivity contribution in [3.63, 3.8) is 0 Å². The van der Waals surface area contributed by atoms with Gasteiger partial charge in [-0.2, -0.15) is 0 Å². The topological polar surface area (TPSA) is 70.2 Å². The molecule has 1 aliphatic heterocycles. The van der Waals surface area contributed by atoms with Crippen LogP contribution >= 0.6 is 0 Å². The molecule has 6 heteroatoms. The van der Waals surface area contributed by atoms with E-state index in [0.717, 1.165) is 25.9 Å². The van der Waals surface area contributed by atoms with Gasteiger partial charge >= 0.3 is 0 Å². The Kier molecular flexibility index (Phi) is 4.09. The van der Waals surface area contributed by atoms with Crippen LogP contribution in [0.15, 0.2) is 12.4 Å². The fourth-order valence-corrected chi connectivity index (χ4v) is 2.14. The number of anilines is 1. The van der Waals surface area contributed by atoms with Crippen LogP contribution < -0.4 is 10.6 Å². The van der Waals surface area contributed by atoms with Gasteiger partial charge in [-0.05, 0) is 26.4 Å². The van der Waals surface area contributed by atoms with Gasteiger partial charge in [0.05, 0.1) is 12.4 Å². The number of nitrogens with one attached hydrogen (secondary N) is 2. The summed E-state index contributed by atoms with van der Waals surface area (Å²) in [4.78, 5) is 22.4. The minimum absolute atomic E-state index is 0.153. The number of aromatic nitrogens is 2. The molecule has 1 amide bonds. The van der Waals surface area contributed by atoms with E-state index in [-0.39, 0.29) is 11.9 Å². The van der Waals surface area contributed by atoms with E-state index >= 15 is 0 Å². The molecule has 2 rings (SSSR count). The molecule has 1 aliphatic rings. The number of hydrogen-bond donors (Lipinski definition) is 2. The van der Waals surface area contributed by atoms with Gasteiger partial charge in [0.25, 0.3) is 5.91 Å². The van der Waals surface area contributed by atoms with Crippen molar-refractivity contribution in [1.82, 2.24) is 20.2 Å². The molecule has 2 heterocycles. The highest BCUT2D eigenvalue weighted by molar-refractivity contribution is 5.92. The second-order valence-electron chi connectivity index (χ2n) is 4.61. The minimum Gasteiger partial charge on any atom is -0.372 e. The zero-order valence-corrected chi connectivity index (χ0v) is 10.8. The van der Waals surface area contributed by atoms with Gasteiger partial charge in [0.2, 0.25) is 0 Å². The lowest BCUT2D eigenvalue weighted by Gasteiger charge is -2.30. The molecule has 1 fully saturated rings. The van der Waals surface area contributed by atoms with Crippen molar-refractivity contribution in [2.75, 3.05) is 32.5 Å². The van der Waals surface area contributed by atoms with Gasteiger partial charge < -0.3 is 15.5 Å². The Bertz CT molecular complexity index is 423. The van der Waals surface area contributed by atoms with Gasteiger partial charge in [-0.1, -0.05) is 0 Å². The normalized spacial score (nSPS) is 20.4. The lowest BCUT2D eigenvalue weighted by molar-refractivity contribution is 0.0907. The number of rotatable bonds is 3. The van der Waals surface area contributed by atoms with E-state index in [2.05, 4.69) is 32.5 Å². The molecule has 0 aromatic carbocycles. The fraction of sp³-hybridized carbons (Fsp3) is 0.583. The van der Waals surface area contributed by atoms with Crippen molar-refractivity contribution < 1.29 is 4.79 Å². The first-order valence-electron chi connectivity index (χ1n) is 6.18. The average molecular weight is 249 g/mol. The standard InChI is InChI=1S/C12H19N5O/c1-13-11-7-14-6-10(16-11)12(18)15-9-4-3-5-17(2)8-9/h6-7,9H,3-5,8H2,1-2H3,(H,13,16)(H,15,18). The lowest BCUT2D eigenvalue weighted by Crippen LogP contribution is -2.46. The number of carbonyl (C=O) groups excluding carboxylic acids is 1. The van der Waals surface area contributed by atoms with E-state index in [1.807, 2.05) is 0 Å². The molecule has 0 bridgehead atoms. The first kappa shape index (κ1) is 12.8. The molecule has 1 saturated heterocycles. The fourth-order valence-electron chi connectivity index (χ4n) is 2.14. The van der Waals surface area contributed by atoms with Crippen LogP contribution in [0.2, 0.25) is 0 Å². The van der Waals surface area contributed by atoms with Crippen LogP contribution in [-0.4, -0.2) is 54.0 Å². The van der Waals surface area contributed by atoms with Crippen molar-refractivity contribution in [3.8, 4) is 0 Å². The van der Waals surface area contributed by atoms with Crippen molar-refractivity contribution in [3.05, 3.63) is 18.1 Å². The Morgan fingerprint density at radius 3 is 3.06 bits per heavy atom. The monoisotopic (exact) mass is 249 g/mol. The second-order valence-corrected chi connectivity index (χ2v) is 4.61. The molecule has 2 N–H and O–H groups in total. The first-order chi connectivity index (χ1) is 8.69. The van der Waals surface area contributed by atoms with Crippen LogP contribution in [0.5, 0.6) is 0 Å². The Hall–Kier alpha value is -1.69. The first-order valence-corrected chi connectivity index (χ1v) is 6.18. The zero-order chi connectivity index (χ0) is 13.0. The van der Waals surface area contributed by atoms with Crippen molar-refractivity contribution in [2.24, 2.45) is 0 Å². The van der Waals surface area contributed by atoms with Crippen LogP contribution in [0, 0.1) is 0 Å². The zero-order valence-electron chi connectivity index (χ0n) is 10.8. The molecule has 1 atom stereocenters. The van der Waals surface area contributed by atoms with Gasteiger partial charge in [-0.25, -0.2) is 4.98 Å². The maximum Gasteiger partial charge on any atom is 0.271 e. The highest BCUT2D eigenvalue weighted by atomic mass is 16.2. The van der Waals surface area contributed by atoms with Crippen molar-refractivity contribution in [2.45, 2.75) is 18.9 Å². The van der Waals surface area contributed by atoms with E-state index in [1.165, 1.54) is 6.20 Å². The summed E-state index contributed by atoms with van der Waals surface area (Å²) in [6, 6.07) is 0.205. The molecular weight excluding hydrogens is 230 g/mol. The number of amides is 1. The predicted molar refractivity (Wildman–Crippen MR) is 69.6 cm³/mol. The molecule has 18 heavy (non-hydrogen) atoms. The maximum absolute atomic E-state index is 12.0. The minimum atomic E-state index is -0.153. The third-order valence-electron chi connectivity index (χ3n) is 3.08. The van der Waals surface area contributed by atoms with Crippen LogP contribution in [0.4, 0.5) is 5.82 Å². The largest absolute Gasteiger partial charge is 0.372 e. The molecule has 98 valence electrons.